The molecule has 0 bridgehead atoms. The molecule has 1 aromatic heterocycles. The fourth-order valence-electron chi connectivity index (χ4n) is 2.68. The highest BCUT2D eigenvalue weighted by Gasteiger charge is 2.23. The van der Waals surface area contributed by atoms with E-state index in [1.807, 2.05) is 11.7 Å². The average Bonchev–Trinajstić information content (AvgIpc) is 2.75. The van der Waals surface area contributed by atoms with E-state index in [0.717, 1.165) is 13.0 Å². The normalized spacial score (nSPS) is 13.2. The van der Waals surface area contributed by atoms with Crippen LogP contribution < -0.4 is 5.32 Å². The second-order valence-electron chi connectivity index (χ2n) is 5.07. The maximum absolute atomic E-state index is 4.59. The molecule has 0 aliphatic rings. The van der Waals surface area contributed by atoms with Crippen LogP contribution >= 0.6 is 0 Å². The van der Waals surface area contributed by atoms with Crippen LogP contribution in [0.5, 0.6) is 0 Å². The van der Waals surface area contributed by atoms with Crippen molar-refractivity contribution in [3.63, 3.8) is 0 Å². The topological polar surface area (TPSA) is 29.9 Å². The molecule has 1 N–H and O–H groups in total. The lowest BCUT2D eigenvalue weighted by Gasteiger charge is -2.26. The monoisotopic (exact) mass is 251 g/mol. The first-order valence-electron chi connectivity index (χ1n) is 7.43. The van der Waals surface area contributed by atoms with Gasteiger partial charge in [0.1, 0.15) is 0 Å². The average molecular weight is 251 g/mol. The van der Waals surface area contributed by atoms with Gasteiger partial charge in [-0.3, -0.25) is 4.68 Å². The molecule has 0 aliphatic heterocycles. The molecule has 18 heavy (non-hydrogen) atoms. The third kappa shape index (κ3) is 3.58. The summed E-state index contributed by atoms with van der Waals surface area (Å²) in [5.41, 5.74) is 2.65. The van der Waals surface area contributed by atoms with Gasteiger partial charge in [0.05, 0.1) is 5.69 Å². The van der Waals surface area contributed by atoms with Crippen LogP contribution in [0.15, 0.2) is 6.20 Å². The van der Waals surface area contributed by atoms with E-state index in [1.54, 1.807) is 0 Å². The predicted octanol–water partition coefficient (Wildman–Crippen LogP) is 3.46. The lowest BCUT2D eigenvalue weighted by atomic mass is 9.88. The molecule has 0 amide bonds. The van der Waals surface area contributed by atoms with Crippen LogP contribution in [0.2, 0.25) is 0 Å². The summed E-state index contributed by atoms with van der Waals surface area (Å²) in [6, 6.07) is 0.462. The second-order valence-corrected chi connectivity index (χ2v) is 5.07. The third-order valence-corrected chi connectivity index (χ3v) is 3.74. The predicted molar refractivity (Wildman–Crippen MR) is 77.7 cm³/mol. The van der Waals surface area contributed by atoms with Crippen molar-refractivity contribution >= 4 is 0 Å². The van der Waals surface area contributed by atoms with Gasteiger partial charge in [0.25, 0.3) is 0 Å². The molecule has 3 heteroatoms. The highest BCUT2D eigenvalue weighted by molar-refractivity contribution is 5.22. The fraction of sp³-hybridized carbons (Fsp3) is 0.800. The minimum absolute atomic E-state index is 0.462. The van der Waals surface area contributed by atoms with Crippen molar-refractivity contribution in [1.29, 1.82) is 0 Å². The molecule has 0 fully saturated rings. The lowest BCUT2D eigenvalue weighted by Crippen LogP contribution is -2.29. The van der Waals surface area contributed by atoms with Crippen molar-refractivity contribution in [3.05, 3.63) is 17.5 Å². The highest BCUT2D eigenvalue weighted by Crippen LogP contribution is 2.29. The van der Waals surface area contributed by atoms with Gasteiger partial charge in [0, 0.05) is 24.8 Å². The zero-order valence-corrected chi connectivity index (χ0v) is 12.7. The van der Waals surface area contributed by atoms with E-state index in [2.05, 4.69) is 44.3 Å². The third-order valence-electron chi connectivity index (χ3n) is 3.74. The molecular weight excluding hydrogens is 222 g/mol. The fourth-order valence-corrected chi connectivity index (χ4v) is 2.68. The number of rotatable bonds is 8. The number of hydrogen-bond donors (Lipinski definition) is 1. The molecule has 1 atom stereocenters. The van der Waals surface area contributed by atoms with Gasteiger partial charge in [-0.2, -0.15) is 5.10 Å². The van der Waals surface area contributed by atoms with E-state index in [-0.39, 0.29) is 0 Å². The van der Waals surface area contributed by atoms with Crippen molar-refractivity contribution < 1.29 is 0 Å². The molecule has 0 saturated heterocycles. The molecule has 0 spiro atoms. The molecule has 0 radical (unpaired) electrons. The first-order valence-corrected chi connectivity index (χ1v) is 7.43. The molecule has 0 aromatic carbocycles. The quantitative estimate of drug-likeness (QED) is 0.767. The Morgan fingerprint density at radius 2 is 1.89 bits per heavy atom. The molecule has 1 aromatic rings. The van der Waals surface area contributed by atoms with Crippen molar-refractivity contribution in [3.8, 4) is 0 Å². The summed E-state index contributed by atoms with van der Waals surface area (Å²) in [7, 11) is 2.02. The largest absolute Gasteiger partial charge is 0.310 e. The van der Waals surface area contributed by atoms with E-state index in [9.17, 15) is 0 Å². The van der Waals surface area contributed by atoms with Gasteiger partial charge >= 0.3 is 0 Å². The van der Waals surface area contributed by atoms with Gasteiger partial charge in [-0.15, -0.1) is 0 Å². The second kappa shape index (κ2) is 7.57. The Morgan fingerprint density at radius 1 is 1.22 bits per heavy atom. The summed E-state index contributed by atoms with van der Waals surface area (Å²) in [6.45, 7) is 10.1. The first-order chi connectivity index (χ1) is 8.67. The Morgan fingerprint density at radius 3 is 2.39 bits per heavy atom. The van der Waals surface area contributed by atoms with Gasteiger partial charge in [0.15, 0.2) is 0 Å². The van der Waals surface area contributed by atoms with Crippen LogP contribution in [0.25, 0.3) is 0 Å². The van der Waals surface area contributed by atoms with Gasteiger partial charge < -0.3 is 5.32 Å². The van der Waals surface area contributed by atoms with Gasteiger partial charge in [0.2, 0.25) is 0 Å². The number of aromatic nitrogens is 2. The van der Waals surface area contributed by atoms with Crippen LogP contribution in [0.1, 0.15) is 64.3 Å². The van der Waals surface area contributed by atoms with Crippen molar-refractivity contribution in [2.45, 2.75) is 59.4 Å². The van der Waals surface area contributed by atoms with Crippen molar-refractivity contribution in [2.24, 2.45) is 13.0 Å². The van der Waals surface area contributed by atoms with Crippen LogP contribution in [-0.4, -0.2) is 16.3 Å². The number of nitrogens with one attached hydrogen (secondary N) is 1. The summed E-state index contributed by atoms with van der Waals surface area (Å²) in [6.07, 6.45) is 6.83. The Kier molecular flexibility index (Phi) is 6.41. The molecule has 1 unspecified atom stereocenters. The first kappa shape index (κ1) is 15.2. The van der Waals surface area contributed by atoms with Crippen LogP contribution in [0.3, 0.4) is 0 Å². The Balaban J connectivity index is 2.99. The number of nitrogens with zero attached hydrogens (tertiary/aromatic N) is 2. The summed E-state index contributed by atoms with van der Waals surface area (Å²) >= 11 is 0. The molecule has 0 aliphatic carbocycles. The van der Waals surface area contributed by atoms with E-state index >= 15 is 0 Å². The van der Waals surface area contributed by atoms with Gasteiger partial charge in [-0.05, 0) is 25.3 Å². The van der Waals surface area contributed by atoms with E-state index < -0.39 is 0 Å². The Hall–Kier alpha value is -0.830. The standard InChI is InChI=1S/C15H29N3/c1-6-10-16-15(12(7-2)8-3)13-11-18(5)17-14(13)9-4/h11-12,15-16H,6-10H2,1-5H3. The zero-order valence-electron chi connectivity index (χ0n) is 12.7. The summed E-state index contributed by atoms with van der Waals surface area (Å²) < 4.78 is 1.96. The van der Waals surface area contributed by atoms with Gasteiger partial charge in [-0.1, -0.05) is 40.5 Å². The van der Waals surface area contributed by atoms with Crippen LogP contribution in [0.4, 0.5) is 0 Å². The van der Waals surface area contributed by atoms with E-state index in [1.165, 1.54) is 30.5 Å². The van der Waals surface area contributed by atoms with E-state index in [0.29, 0.717) is 12.0 Å². The van der Waals surface area contributed by atoms with Crippen molar-refractivity contribution in [1.82, 2.24) is 15.1 Å². The number of hydrogen-bond acceptors (Lipinski definition) is 2. The number of aryl methyl sites for hydroxylation is 2. The van der Waals surface area contributed by atoms with Crippen LogP contribution in [0, 0.1) is 5.92 Å². The maximum Gasteiger partial charge on any atom is 0.0669 e. The summed E-state index contributed by atoms with van der Waals surface area (Å²) in [4.78, 5) is 0. The zero-order chi connectivity index (χ0) is 13.5. The molecule has 1 rings (SSSR count). The molecular formula is C15H29N3. The maximum atomic E-state index is 4.59. The summed E-state index contributed by atoms with van der Waals surface area (Å²) in [5.74, 6) is 0.700. The van der Waals surface area contributed by atoms with Crippen molar-refractivity contribution in [2.75, 3.05) is 6.54 Å². The Bertz CT molecular complexity index is 340. The van der Waals surface area contributed by atoms with Crippen LogP contribution in [-0.2, 0) is 13.5 Å². The smallest absolute Gasteiger partial charge is 0.0669 e. The highest BCUT2D eigenvalue weighted by atomic mass is 15.3. The van der Waals surface area contributed by atoms with Gasteiger partial charge in [-0.25, -0.2) is 0 Å². The molecule has 1 heterocycles. The minimum atomic E-state index is 0.462. The SMILES string of the molecule is CCCNC(c1cn(C)nc1CC)C(CC)CC. The van der Waals surface area contributed by atoms with E-state index in [4.69, 9.17) is 0 Å². The minimum Gasteiger partial charge on any atom is -0.310 e. The molecule has 104 valence electrons. The molecule has 0 saturated carbocycles. The lowest BCUT2D eigenvalue weighted by molar-refractivity contribution is 0.340. The summed E-state index contributed by atoms with van der Waals surface area (Å²) in [5, 5.41) is 8.31. The molecule has 3 nitrogen and oxygen atoms in total. The Labute approximate surface area is 112 Å².